The van der Waals surface area contributed by atoms with E-state index in [1.54, 1.807) is 52.0 Å². The molecule has 0 amide bonds. The van der Waals surface area contributed by atoms with Gasteiger partial charge < -0.3 is 28.5 Å². The fraction of sp³-hybridized carbons (Fsp3) is 0.636. The summed E-state index contributed by atoms with van der Waals surface area (Å²) in [6.45, 7) is 13.1. The Balaban J connectivity index is 3.37. The lowest BCUT2D eigenvalue weighted by Crippen LogP contribution is -2.35. The van der Waals surface area contributed by atoms with E-state index in [1.807, 2.05) is 0 Å². The lowest BCUT2D eigenvalue weighted by Gasteiger charge is -2.30. The molecule has 194 valence electrons. The third kappa shape index (κ3) is 6.78. The molecule has 0 atom stereocenters. The number of benzene rings is 1. The molecule has 0 saturated heterocycles. The molecule has 0 saturated carbocycles. The Morgan fingerprint density at radius 2 is 1.03 bits per heavy atom. The van der Waals surface area contributed by atoms with Crippen LogP contribution in [0.4, 0.5) is 0 Å². The monoisotopic (exact) mass is 520 g/mol. The van der Waals surface area contributed by atoms with E-state index < -0.39 is 25.8 Å². The second kappa shape index (κ2) is 12.4. The average Bonchev–Trinajstić information content (AvgIpc) is 2.74. The van der Waals surface area contributed by atoms with Crippen molar-refractivity contribution in [1.29, 1.82) is 0 Å². The van der Waals surface area contributed by atoms with Gasteiger partial charge in [-0.15, -0.1) is 0 Å². The first-order valence-electron chi connectivity index (χ1n) is 11.3. The van der Waals surface area contributed by atoms with Gasteiger partial charge in [0.2, 0.25) is 0 Å². The molecular weight excluding hydrogens is 482 g/mol. The first-order valence-corrected chi connectivity index (χ1v) is 14.3. The van der Waals surface area contributed by atoms with E-state index in [0.717, 1.165) is 0 Å². The summed E-state index contributed by atoms with van der Waals surface area (Å²) in [7, 11) is -7.49. The van der Waals surface area contributed by atoms with E-state index in [0.29, 0.717) is 20.6 Å². The molecule has 0 radical (unpaired) electrons. The molecule has 0 unspecified atom stereocenters. The van der Waals surface area contributed by atoms with Gasteiger partial charge in [-0.2, -0.15) is 9.48 Å². The predicted octanol–water partition coefficient (Wildman–Crippen LogP) is 5.55. The molecule has 0 aliphatic heterocycles. The summed E-state index contributed by atoms with van der Waals surface area (Å²) in [5.41, 5.74) is 0.917. The second-order valence-corrected chi connectivity index (χ2v) is 13.4. The van der Waals surface area contributed by atoms with E-state index in [9.17, 15) is 19.5 Å². The highest BCUT2D eigenvalue weighted by molar-refractivity contribution is 7.55. The summed E-state index contributed by atoms with van der Waals surface area (Å²) < 4.78 is 48.8. The van der Waals surface area contributed by atoms with Gasteiger partial charge in [0.15, 0.2) is 12.4 Å². The molecule has 1 aromatic carbocycles. The topological polar surface area (TPSA) is 123 Å². The summed E-state index contributed by atoms with van der Waals surface area (Å²) in [5, 5.41) is 23.0. The van der Waals surface area contributed by atoms with Gasteiger partial charge in [-0.05, 0) is 45.9 Å². The number of hydroxylamine groups is 2. The molecule has 34 heavy (non-hydrogen) atoms. The number of rotatable bonds is 14. The quantitative estimate of drug-likeness (QED) is 0.103. The Labute approximate surface area is 202 Å². The van der Waals surface area contributed by atoms with Crippen molar-refractivity contribution in [3.63, 3.8) is 0 Å². The van der Waals surface area contributed by atoms with Crippen molar-refractivity contribution in [1.82, 2.24) is 0 Å². The van der Waals surface area contributed by atoms with E-state index in [1.165, 1.54) is 40.1 Å². The molecule has 0 aromatic heterocycles. The fourth-order valence-corrected chi connectivity index (χ4v) is 6.30. The molecule has 0 heterocycles. The molecule has 1 rings (SSSR count). The molecule has 12 heteroatoms. The van der Waals surface area contributed by atoms with Crippen LogP contribution in [0.2, 0.25) is 0 Å². The second-order valence-electron chi connectivity index (χ2n) is 8.23. The molecule has 10 nitrogen and oxygen atoms in total. The van der Waals surface area contributed by atoms with E-state index in [-0.39, 0.29) is 26.4 Å². The van der Waals surface area contributed by atoms with Gasteiger partial charge in [-0.3, -0.25) is 9.13 Å². The fourth-order valence-electron chi connectivity index (χ4n) is 2.93. The maximum Gasteiger partial charge on any atom is 0.401 e. The third-order valence-electron chi connectivity index (χ3n) is 5.06. The van der Waals surface area contributed by atoms with Gasteiger partial charge in [0.25, 0.3) is 10.6 Å². The molecule has 0 aliphatic rings. The zero-order chi connectivity index (χ0) is 26.2. The van der Waals surface area contributed by atoms with Crippen molar-refractivity contribution in [2.75, 3.05) is 26.4 Å². The highest BCUT2D eigenvalue weighted by Crippen LogP contribution is 2.60. The van der Waals surface area contributed by atoms with Crippen LogP contribution in [-0.4, -0.2) is 58.9 Å². The average molecular weight is 521 g/mol. The molecule has 0 spiro atoms. The third-order valence-corrected chi connectivity index (χ3v) is 10.5. The number of hydrogen-bond donors (Lipinski definition) is 0. The largest absolute Gasteiger partial charge is 0.623 e. The number of hydrogen-bond acceptors (Lipinski definition) is 8. The minimum absolute atomic E-state index is 0.126. The van der Waals surface area contributed by atoms with Crippen molar-refractivity contribution in [3.8, 4) is 0 Å². The van der Waals surface area contributed by atoms with Crippen LogP contribution in [0.3, 0.4) is 0 Å². The Hall–Kier alpha value is -1.54. The zero-order valence-corrected chi connectivity index (χ0v) is 23.1. The van der Waals surface area contributed by atoms with Crippen LogP contribution in [0.1, 0.15) is 66.5 Å². The first-order chi connectivity index (χ1) is 15.7. The van der Waals surface area contributed by atoms with E-state index in [2.05, 4.69) is 0 Å². The summed E-state index contributed by atoms with van der Waals surface area (Å²) >= 11 is 0. The molecule has 0 aliphatic carbocycles. The molecule has 0 fully saturated rings. The molecule has 0 N–H and O–H groups in total. The van der Waals surface area contributed by atoms with Crippen LogP contribution < -0.4 is 0 Å². The predicted molar refractivity (Wildman–Crippen MR) is 134 cm³/mol. The van der Waals surface area contributed by atoms with Gasteiger partial charge >= 0.3 is 15.2 Å². The molecule has 0 bridgehead atoms. The Kier molecular flexibility index (Phi) is 11.1. The highest BCUT2D eigenvalue weighted by atomic mass is 31.2. The van der Waals surface area contributed by atoms with E-state index >= 15 is 0 Å². The van der Waals surface area contributed by atoms with Crippen LogP contribution in [0.5, 0.6) is 0 Å². The van der Waals surface area contributed by atoms with Crippen molar-refractivity contribution in [3.05, 3.63) is 45.8 Å². The Morgan fingerprint density at radius 3 is 1.29 bits per heavy atom. The van der Waals surface area contributed by atoms with Crippen LogP contribution in [0.25, 0.3) is 0 Å². The van der Waals surface area contributed by atoms with Gasteiger partial charge in [-0.25, -0.2) is 0 Å². The van der Waals surface area contributed by atoms with Crippen molar-refractivity contribution < 1.29 is 36.7 Å². The van der Waals surface area contributed by atoms with Gasteiger partial charge in [0.1, 0.15) is 0 Å². The van der Waals surface area contributed by atoms with Gasteiger partial charge in [0, 0.05) is 38.8 Å². The first kappa shape index (κ1) is 30.5. The SMILES string of the molecule is CCOP(=O)(OCC)C(C)(C)/[N+]([O-])=C\c1cccc(/C=[N+](/[O-])C(C)(C)P(=O)(OCC)OCC)c1. The minimum Gasteiger partial charge on any atom is -0.623 e. The summed E-state index contributed by atoms with van der Waals surface area (Å²) in [5.74, 6) is 0. The van der Waals surface area contributed by atoms with Crippen molar-refractivity contribution in [2.45, 2.75) is 65.9 Å². The van der Waals surface area contributed by atoms with Crippen molar-refractivity contribution >= 4 is 27.6 Å². The number of nitrogens with zero attached hydrogens (tertiary/aromatic N) is 2. The van der Waals surface area contributed by atoms with Crippen LogP contribution in [0.15, 0.2) is 24.3 Å². The standard InChI is InChI=1S/C22H38N2O8P2/c1-9-29-33(27,30-10-2)21(5,6)23(25)17-19-14-13-15-20(16-19)18-24(26)22(7,8)34(28,31-11-3)32-12-4/h13-18H,9-12H2,1-8H3/b23-17+,24-18+. The van der Waals surface area contributed by atoms with Crippen LogP contribution in [0, 0.1) is 10.4 Å². The smallest absolute Gasteiger partial charge is 0.401 e. The van der Waals surface area contributed by atoms with Gasteiger partial charge in [-0.1, -0.05) is 6.07 Å². The van der Waals surface area contributed by atoms with Crippen LogP contribution in [-0.2, 0) is 27.2 Å². The van der Waals surface area contributed by atoms with Crippen LogP contribution >= 0.6 is 15.2 Å². The normalized spacial score (nSPS) is 14.5. The van der Waals surface area contributed by atoms with Gasteiger partial charge in [0.05, 0.1) is 26.4 Å². The maximum atomic E-state index is 13.2. The minimum atomic E-state index is -3.75. The Morgan fingerprint density at radius 1 is 0.735 bits per heavy atom. The Bertz CT molecular complexity index is 882. The van der Waals surface area contributed by atoms with Crippen molar-refractivity contribution in [2.24, 2.45) is 0 Å². The molecular formula is C22H38N2O8P2. The maximum absolute atomic E-state index is 13.2. The zero-order valence-electron chi connectivity index (χ0n) is 21.3. The van der Waals surface area contributed by atoms with E-state index in [4.69, 9.17) is 18.1 Å². The molecule has 1 aromatic rings. The lowest BCUT2D eigenvalue weighted by atomic mass is 10.1. The summed E-state index contributed by atoms with van der Waals surface area (Å²) in [6, 6.07) is 6.58. The highest BCUT2D eigenvalue weighted by Gasteiger charge is 2.52. The lowest BCUT2D eigenvalue weighted by molar-refractivity contribution is -0.510. The summed E-state index contributed by atoms with van der Waals surface area (Å²) in [4.78, 5) is 0. The summed E-state index contributed by atoms with van der Waals surface area (Å²) in [6.07, 6.45) is 2.52.